The van der Waals surface area contributed by atoms with Crippen molar-refractivity contribution >= 4 is 28.7 Å². The Hall–Kier alpha value is -2.79. The fourth-order valence-corrected chi connectivity index (χ4v) is 3.46. The lowest BCUT2D eigenvalue weighted by Crippen LogP contribution is -2.12. The van der Waals surface area contributed by atoms with Crippen molar-refractivity contribution in [1.29, 1.82) is 0 Å². The first-order chi connectivity index (χ1) is 12.5. The first-order valence-corrected chi connectivity index (χ1v) is 9.31. The van der Waals surface area contributed by atoms with Gasteiger partial charge >= 0.3 is 0 Å². The number of rotatable bonds is 6. The number of carbonyl (C=O) groups is 2. The summed E-state index contributed by atoms with van der Waals surface area (Å²) in [6.07, 6.45) is 0.932. The van der Waals surface area contributed by atoms with Crippen molar-refractivity contribution in [3.8, 4) is 10.6 Å². The number of anilines is 1. The van der Waals surface area contributed by atoms with Crippen molar-refractivity contribution in [1.82, 2.24) is 4.98 Å². The molecule has 5 heteroatoms. The Labute approximate surface area is 156 Å². The van der Waals surface area contributed by atoms with E-state index in [-0.39, 0.29) is 11.7 Å². The van der Waals surface area contributed by atoms with E-state index in [1.807, 2.05) is 17.5 Å². The number of carbonyl (C=O) groups excluding carboxylic acids is 2. The van der Waals surface area contributed by atoms with Crippen molar-refractivity contribution in [2.24, 2.45) is 0 Å². The molecule has 1 N–H and O–H groups in total. The highest BCUT2D eigenvalue weighted by Crippen LogP contribution is 2.25. The SMILES string of the molecule is CC(=O)c1cccc(NC(=O)CCc2csc(-c3cccc(C)c3)n2)c1. The first-order valence-electron chi connectivity index (χ1n) is 8.43. The van der Waals surface area contributed by atoms with E-state index in [1.54, 1.807) is 35.6 Å². The van der Waals surface area contributed by atoms with E-state index in [0.717, 1.165) is 16.3 Å². The van der Waals surface area contributed by atoms with Crippen molar-refractivity contribution in [2.75, 3.05) is 5.32 Å². The summed E-state index contributed by atoms with van der Waals surface area (Å²) in [5.41, 5.74) is 4.45. The number of hydrogen-bond donors (Lipinski definition) is 1. The van der Waals surface area contributed by atoms with Crippen molar-refractivity contribution < 1.29 is 9.59 Å². The van der Waals surface area contributed by atoms with Crippen LogP contribution in [-0.4, -0.2) is 16.7 Å². The zero-order chi connectivity index (χ0) is 18.5. The minimum Gasteiger partial charge on any atom is -0.326 e. The fraction of sp³-hybridized carbons (Fsp3) is 0.190. The van der Waals surface area contributed by atoms with Gasteiger partial charge in [0.1, 0.15) is 5.01 Å². The van der Waals surface area contributed by atoms with Gasteiger partial charge in [0.05, 0.1) is 5.69 Å². The van der Waals surface area contributed by atoms with Crippen molar-refractivity contribution in [2.45, 2.75) is 26.7 Å². The van der Waals surface area contributed by atoms with Crippen LogP contribution in [0.2, 0.25) is 0 Å². The summed E-state index contributed by atoms with van der Waals surface area (Å²) in [6.45, 7) is 3.57. The van der Waals surface area contributed by atoms with Gasteiger partial charge in [-0.25, -0.2) is 4.98 Å². The van der Waals surface area contributed by atoms with Gasteiger partial charge in [0.2, 0.25) is 5.91 Å². The lowest BCUT2D eigenvalue weighted by Gasteiger charge is -2.05. The number of aryl methyl sites for hydroxylation is 2. The third-order valence-corrected chi connectivity index (χ3v) is 4.92. The highest BCUT2D eigenvalue weighted by molar-refractivity contribution is 7.13. The number of hydrogen-bond acceptors (Lipinski definition) is 4. The Morgan fingerprint density at radius 3 is 2.69 bits per heavy atom. The van der Waals surface area contributed by atoms with E-state index in [1.165, 1.54) is 12.5 Å². The second-order valence-corrected chi connectivity index (χ2v) is 7.06. The quantitative estimate of drug-likeness (QED) is 0.633. The second kappa shape index (κ2) is 8.06. The van der Waals surface area contributed by atoms with Crippen LogP contribution in [0, 0.1) is 6.92 Å². The number of amides is 1. The van der Waals surface area contributed by atoms with Crippen molar-refractivity contribution in [3.05, 3.63) is 70.7 Å². The van der Waals surface area contributed by atoms with E-state index < -0.39 is 0 Å². The number of nitrogens with zero attached hydrogens (tertiary/aromatic N) is 1. The van der Waals surface area contributed by atoms with Crippen LogP contribution in [0.1, 0.15) is 35.0 Å². The molecule has 0 saturated heterocycles. The zero-order valence-electron chi connectivity index (χ0n) is 14.8. The van der Waals surface area contributed by atoms with E-state index in [4.69, 9.17) is 0 Å². The number of aromatic nitrogens is 1. The van der Waals surface area contributed by atoms with Crippen LogP contribution in [-0.2, 0) is 11.2 Å². The molecule has 0 aliphatic carbocycles. The highest BCUT2D eigenvalue weighted by Gasteiger charge is 2.09. The van der Waals surface area contributed by atoms with Crippen LogP contribution >= 0.6 is 11.3 Å². The normalized spacial score (nSPS) is 10.5. The molecule has 0 unspecified atom stereocenters. The summed E-state index contributed by atoms with van der Waals surface area (Å²) < 4.78 is 0. The number of Topliss-reactive ketones (excluding diaryl/α,β-unsaturated/α-hetero) is 1. The van der Waals surface area contributed by atoms with Crippen molar-refractivity contribution in [3.63, 3.8) is 0 Å². The minimum absolute atomic E-state index is 0.0211. The fourth-order valence-electron chi connectivity index (χ4n) is 2.61. The summed E-state index contributed by atoms with van der Waals surface area (Å²) in [4.78, 5) is 28.2. The lowest BCUT2D eigenvalue weighted by atomic mass is 10.1. The van der Waals surface area contributed by atoms with Gasteiger partial charge in [0.25, 0.3) is 0 Å². The standard InChI is InChI=1S/C21H20N2O2S/c1-14-5-3-7-17(11-14)21-23-19(13-26-21)9-10-20(25)22-18-8-4-6-16(12-18)15(2)24/h3-8,11-13H,9-10H2,1-2H3,(H,22,25). The Bertz CT molecular complexity index is 946. The van der Waals surface area contributed by atoms with E-state index in [0.29, 0.717) is 24.1 Å². The molecule has 3 aromatic rings. The second-order valence-electron chi connectivity index (χ2n) is 6.20. The molecule has 0 bridgehead atoms. The van der Waals surface area contributed by atoms with E-state index in [9.17, 15) is 9.59 Å². The monoisotopic (exact) mass is 364 g/mol. The summed E-state index contributed by atoms with van der Waals surface area (Å²) in [5.74, 6) is -0.108. The minimum atomic E-state index is -0.0872. The molecule has 132 valence electrons. The molecule has 0 aliphatic heterocycles. The molecule has 0 saturated carbocycles. The third kappa shape index (κ3) is 4.64. The van der Waals surface area contributed by atoms with Gasteiger partial charge in [-0.15, -0.1) is 11.3 Å². The van der Waals surface area contributed by atoms with Crippen LogP contribution in [0.3, 0.4) is 0 Å². The van der Waals surface area contributed by atoms with Gasteiger partial charge in [0.15, 0.2) is 5.78 Å². The van der Waals surface area contributed by atoms with Gasteiger partial charge in [-0.2, -0.15) is 0 Å². The van der Waals surface area contributed by atoms with Gasteiger partial charge in [-0.1, -0.05) is 35.9 Å². The summed E-state index contributed by atoms with van der Waals surface area (Å²) in [5, 5.41) is 5.81. The maximum Gasteiger partial charge on any atom is 0.224 e. The average molecular weight is 364 g/mol. The van der Waals surface area contributed by atoms with Crippen LogP contribution < -0.4 is 5.32 Å². The molecule has 0 fully saturated rings. The molecule has 0 spiro atoms. The lowest BCUT2D eigenvalue weighted by molar-refractivity contribution is -0.116. The zero-order valence-corrected chi connectivity index (χ0v) is 15.6. The molecule has 1 amide bonds. The predicted octanol–water partition coefficient (Wildman–Crippen LogP) is 4.89. The molecule has 3 rings (SSSR count). The Morgan fingerprint density at radius 2 is 1.92 bits per heavy atom. The van der Waals surface area contributed by atoms with Gasteiger partial charge in [0, 0.05) is 28.6 Å². The predicted molar refractivity (Wildman–Crippen MR) is 106 cm³/mol. The molecule has 1 heterocycles. The first kappa shape index (κ1) is 18.0. The summed E-state index contributed by atoms with van der Waals surface area (Å²) in [7, 11) is 0. The molecular formula is C21H20N2O2S. The summed E-state index contributed by atoms with van der Waals surface area (Å²) >= 11 is 1.59. The molecule has 0 radical (unpaired) electrons. The largest absolute Gasteiger partial charge is 0.326 e. The Morgan fingerprint density at radius 1 is 1.12 bits per heavy atom. The third-order valence-electron chi connectivity index (χ3n) is 3.98. The molecule has 4 nitrogen and oxygen atoms in total. The number of ketones is 1. The van der Waals surface area contributed by atoms with Gasteiger partial charge < -0.3 is 5.32 Å². The van der Waals surface area contributed by atoms with E-state index >= 15 is 0 Å². The maximum absolute atomic E-state index is 12.2. The van der Waals surface area contributed by atoms with Crippen LogP contribution in [0.25, 0.3) is 10.6 Å². The molecule has 1 aromatic heterocycles. The number of nitrogens with one attached hydrogen (secondary N) is 1. The number of thiazole rings is 1. The molecule has 2 aromatic carbocycles. The Balaban J connectivity index is 1.58. The molecule has 0 aliphatic rings. The Kier molecular flexibility index (Phi) is 5.58. The molecule has 26 heavy (non-hydrogen) atoms. The molecule has 0 atom stereocenters. The smallest absolute Gasteiger partial charge is 0.224 e. The number of benzene rings is 2. The maximum atomic E-state index is 12.2. The van der Waals surface area contributed by atoms with Crippen LogP contribution in [0.4, 0.5) is 5.69 Å². The average Bonchev–Trinajstić information content (AvgIpc) is 3.09. The topological polar surface area (TPSA) is 59.1 Å². The van der Waals surface area contributed by atoms with Gasteiger partial charge in [-0.05, 0) is 38.5 Å². The van der Waals surface area contributed by atoms with Gasteiger partial charge in [-0.3, -0.25) is 9.59 Å². The molecular weight excluding hydrogens is 344 g/mol. The summed E-state index contributed by atoms with van der Waals surface area (Å²) in [6, 6.07) is 15.2. The highest BCUT2D eigenvalue weighted by atomic mass is 32.1. The van der Waals surface area contributed by atoms with Crippen LogP contribution in [0.15, 0.2) is 53.9 Å². The van der Waals surface area contributed by atoms with E-state index in [2.05, 4.69) is 29.4 Å². The van der Waals surface area contributed by atoms with Crippen LogP contribution in [0.5, 0.6) is 0 Å².